The lowest BCUT2D eigenvalue weighted by atomic mass is 10.1. The van der Waals surface area contributed by atoms with E-state index in [0.717, 1.165) is 6.42 Å². The average molecular weight is 112 g/mol. The van der Waals surface area contributed by atoms with Gasteiger partial charge < -0.3 is 5.32 Å². The van der Waals surface area contributed by atoms with Crippen LogP contribution in [0.1, 0.15) is 20.3 Å². The molecule has 8 heavy (non-hydrogen) atoms. The molecule has 1 atom stereocenters. The minimum atomic E-state index is 0.451. The minimum Gasteiger partial charge on any atom is -0.380 e. The summed E-state index contributed by atoms with van der Waals surface area (Å²) in [7, 11) is 1.76. The zero-order valence-electron chi connectivity index (χ0n) is 5.78. The quantitative estimate of drug-likeness (QED) is 0.293. The Morgan fingerprint density at radius 1 is 1.88 bits per heavy atom. The predicted molar refractivity (Wildman–Crippen MR) is 39.2 cm³/mol. The van der Waals surface area contributed by atoms with E-state index in [1.807, 2.05) is 0 Å². The number of hydrogen-bond acceptors (Lipinski definition) is 1. The molecule has 0 fully saturated rings. The molecule has 0 radical (unpaired) electrons. The molecule has 2 N–H and O–H groups in total. The van der Waals surface area contributed by atoms with Gasteiger partial charge in [-0.1, -0.05) is 6.92 Å². The lowest BCUT2D eigenvalue weighted by molar-refractivity contribution is 0.645. The zero-order chi connectivity index (χ0) is 6.57. The van der Waals surface area contributed by atoms with Crippen molar-refractivity contribution >= 4 is 13.6 Å². The Bertz CT molecular complexity index is 82.5. The Morgan fingerprint density at radius 2 is 2.38 bits per heavy atom. The van der Waals surface area contributed by atoms with Crippen LogP contribution in [-0.4, -0.2) is 19.6 Å². The summed E-state index contributed by atoms with van der Waals surface area (Å²) in [5.74, 6) is 0. The van der Waals surface area contributed by atoms with Gasteiger partial charge in [0.2, 0.25) is 0 Å². The first-order chi connectivity index (χ1) is 3.66. The van der Waals surface area contributed by atoms with E-state index >= 15 is 0 Å². The van der Waals surface area contributed by atoms with Crippen LogP contribution in [0.3, 0.4) is 0 Å². The molecule has 0 aromatic carbocycles. The van der Waals surface area contributed by atoms with Crippen molar-refractivity contribution in [3.8, 4) is 0 Å². The van der Waals surface area contributed by atoms with Crippen LogP contribution in [0.15, 0.2) is 0 Å². The molecular weight excluding hydrogens is 98.9 g/mol. The maximum Gasteiger partial charge on any atom is 0.184 e. The third kappa shape index (κ3) is 3.72. The molecule has 0 spiro atoms. The molecule has 2 nitrogen and oxygen atoms in total. The van der Waals surface area contributed by atoms with E-state index in [1.54, 1.807) is 7.85 Å². The largest absolute Gasteiger partial charge is 0.380 e. The van der Waals surface area contributed by atoms with Gasteiger partial charge in [0.15, 0.2) is 7.85 Å². The molecule has 0 saturated carbocycles. The highest BCUT2D eigenvalue weighted by Gasteiger charge is 1.93. The third-order valence-corrected chi connectivity index (χ3v) is 1.08. The van der Waals surface area contributed by atoms with Crippen molar-refractivity contribution in [3.63, 3.8) is 0 Å². The van der Waals surface area contributed by atoms with Crippen LogP contribution in [-0.2, 0) is 0 Å². The third-order valence-electron chi connectivity index (χ3n) is 1.08. The Morgan fingerprint density at radius 3 is 2.50 bits per heavy atom. The molecule has 0 bridgehead atoms. The number of rotatable bonds is 2. The second-order valence-electron chi connectivity index (χ2n) is 2.08. The highest BCUT2D eigenvalue weighted by Crippen LogP contribution is 1.84. The molecule has 0 aliphatic carbocycles. The summed E-state index contributed by atoms with van der Waals surface area (Å²) in [6.07, 6.45) is 1.08. The molecule has 0 aromatic heterocycles. The number of amidine groups is 1. The number of nitrogens with one attached hydrogen (secondary N) is 2. The first-order valence-corrected chi connectivity index (χ1v) is 2.98. The van der Waals surface area contributed by atoms with E-state index < -0.39 is 0 Å². The fourth-order valence-electron chi connectivity index (χ4n) is 0.472. The minimum absolute atomic E-state index is 0.451. The molecule has 0 heterocycles. The standard InChI is InChI=1S/C5H13BN2/c1-3-4(2)8-5(6)7/h4H,3,6H2,1-2H3,(H2,7,8). The molecule has 0 aliphatic rings. The van der Waals surface area contributed by atoms with E-state index in [2.05, 4.69) is 19.2 Å². The molecule has 0 amide bonds. The smallest absolute Gasteiger partial charge is 0.184 e. The molecule has 0 rings (SSSR count). The Labute approximate surface area is 51.6 Å². The summed E-state index contributed by atoms with van der Waals surface area (Å²) in [5, 5.41) is 9.99. The fraction of sp³-hybridized carbons (Fsp3) is 0.800. The van der Waals surface area contributed by atoms with Gasteiger partial charge >= 0.3 is 0 Å². The van der Waals surface area contributed by atoms with Crippen LogP contribution < -0.4 is 5.32 Å². The summed E-state index contributed by atoms with van der Waals surface area (Å²) in [6.45, 7) is 4.17. The van der Waals surface area contributed by atoms with E-state index in [1.165, 1.54) is 0 Å². The van der Waals surface area contributed by atoms with Gasteiger partial charge in [0.05, 0.1) is 0 Å². The number of hydrogen-bond donors (Lipinski definition) is 2. The first-order valence-electron chi connectivity index (χ1n) is 2.98. The topological polar surface area (TPSA) is 35.9 Å². The Balaban J connectivity index is 3.24. The Kier molecular flexibility index (Phi) is 3.32. The average Bonchev–Trinajstić information content (AvgIpc) is 1.65. The van der Waals surface area contributed by atoms with Crippen molar-refractivity contribution in [2.75, 3.05) is 0 Å². The first kappa shape index (κ1) is 7.53. The van der Waals surface area contributed by atoms with Crippen molar-refractivity contribution in [2.24, 2.45) is 0 Å². The van der Waals surface area contributed by atoms with Gasteiger partial charge in [-0.2, -0.15) is 0 Å². The van der Waals surface area contributed by atoms with Crippen molar-refractivity contribution in [2.45, 2.75) is 26.3 Å². The zero-order valence-corrected chi connectivity index (χ0v) is 5.78. The van der Waals surface area contributed by atoms with Crippen molar-refractivity contribution in [1.29, 1.82) is 5.41 Å². The van der Waals surface area contributed by atoms with Gasteiger partial charge in [-0.25, -0.2) is 0 Å². The van der Waals surface area contributed by atoms with E-state index in [-0.39, 0.29) is 0 Å². The molecule has 46 valence electrons. The lowest BCUT2D eigenvalue weighted by Gasteiger charge is -2.09. The monoisotopic (exact) mass is 112 g/mol. The molecular formula is C5H13BN2. The van der Waals surface area contributed by atoms with E-state index in [0.29, 0.717) is 11.8 Å². The highest BCUT2D eigenvalue weighted by molar-refractivity contribution is 6.57. The van der Waals surface area contributed by atoms with E-state index in [9.17, 15) is 0 Å². The maximum atomic E-state index is 7.02. The van der Waals surface area contributed by atoms with Gasteiger partial charge in [0.25, 0.3) is 0 Å². The van der Waals surface area contributed by atoms with Crippen LogP contribution >= 0.6 is 0 Å². The van der Waals surface area contributed by atoms with Crippen molar-refractivity contribution < 1.29 is 0 Å². The van der Waals surface area contributed by atoms with Crippen molar-refractivity contribution in [3.05, 3.63) is 0 Å². The van der Waals surface area contributed by atoms with Gasteiger partial charge in [-0.15, -0.1) is 0 Å². The van der Waals surface area contributed by atoms with Gasteiger partial charge in [0, 0.05) is 11.8 Å². The van der Waals surface area contributed by atoms with Crippen LogP contribution in [0.2, 0.25) is 0 Å². The van der Waals surface area contributed by atoms with Crippen LogP contribution in [0, 0.1) is 5.41 Å². The summed E-state index contributed by atoms with van der Waals surface area (Å²) >= 11 is 0. The molecule has 3 heteroatoms. The maximum absolute atomic E-state index is 7.02. The van der Waals surface area contributed by atoms with Gasteiger partial charge in [0.1, 0.15) is 0 Å². The van der Waals surface area contributed by atoms with Gasteiger partial charge in [-0.05, 0) is 13.3 Å². The lowest BCUT2D eigenvalue weighted by Crippen LogP contribution is -2.31. The second kappa shape index (κ2) is 3.53. The highest BCUT2D eigenvalue weighted by atomic mass is 14.9. The fourth-order valence-corrected chi connectivity index (χ4v) is 0.472. The van der Waals surface area contributed by atoms with E-state index in [4.69, 9.17) is 5.41 Å². The van der Waals surface area contributed by atoms with Gasteiger partial charge in [-0.3, -0.25) is 5.41 Å². The summed E-state index contributed by atoms with van der Waals surface area (Å²) in [5.41, 5.74) is 0.555. The van der Waals surface area contributed by atoms with Crippen LogP contribution in [0.5, 0.6) is 0 Å². The molecule has 0 aliphatic heterocycles. The molecule has 0 saturated heterocycles. The Hall–Kier alpha value is -0.465. The molecule has 0 aromatic rings. The van der Waals surface area contributed by atoms with Crippen LogP contribution in [0.25, 0.3) is 0 Å². The summed E-state index contributed by atoms with van der Waals surface area (Å²) < 4.78 is 0. The predicted octanol–water partition coefficient (Wildman–Crippen LogP) is -0.0576. The molecule has 1 unspecified atom stereocenters. The van der Waals surface area contributed by atoms with Crippen molar-refractivity contribution in [1.82, 2.24) is 5.32 Å². The summed E-state index contributed by atoms with van der Waals surface area (Å²) in [6, 6.07) is 0.451. The second-order valence-corrected chi connectivity index (χ2v) is 2.08. The van der Waals surface area contributed by atoms with Crippen LogP contribution in [0.4, 0.5) is 0 Å². The SMILES string of the molecule is BC(=N)NC(C)CC. The summed E-state index contributed by atoms with van der Waals surface area (Å²) in [4.78, 5) is 0. The normalized spacial score (nSPS) is 12.8.